The maximum Gasteiger partial charge on any atom is 0.120 e. The fourth-order valence-corrected chi connectivity index (χ4v) is 3.46. The van der Waals surface area contributed by atoms with Crippen molar-refractivity contribution >= 4 is 17.3 Å². The van der Waals surface area contributed by atoms with E-state index in [1.54, 1.807) is 0 Å². The van der Waals surface area contributed by atoms with Gasteiger partial charge in [-0.2, -0.15) is 0 Å². The van der Waals surface area contributed by atoms with E-state index in [0.29, 0.717) is 5.75 Å². The van der Waals surface area contributed by atoms with Gasteiger partial charge >= 0.3 is 0 Å². The van der Waals surface area contributed by atoms with Crippen LogP contribution in [0, 0.1) is 20.8 Å². The predicted octanol–water partition coefficient (Wildman–Crippen LogP) is 4.29. The molecule has 1 fully saturated rings. The molecule has 24 heavy (non-hydrogen) atoms. The highest BCUT2D eigenvalue weighted by Gasteiger charge is 2.19. The van der Waals surface area contributed by atoms with Crippen LogP contribution < -0.4 is 4.90 Å². The number of aryl methyl sites for hydroxylation is 3. The molecule has 1 saturated heterocycles. The number of aromatic hydroxyl groups is 1. The van der Waals surface area contributed by atoms with Crippen LogP contribution in [-0.4, -0.2) is 36.2 Å². The highest BCUT2D eigenvalue weighted by atomic mass is 35.5. The standard InChI is InChI=1S/C20H25ClN2O/c1-14-4-5-18(21)12-19(14)23-8-6-22(7-9-23)13-17-10-15(2)16(3)11-20(17)24/h4-5,10-12,24H,6-9,13H2,1-3H3. The molecule has 4 heteroatoms. The van der Waals surface area contributed by atoms with E-state index in [1.165, 1.54) is 16.8 Å². The first-order valence-electron chi connectivity index (χ1n) is 8.46. The van der Waals surface area contributed by atoms with Gasteiger partial charge in [0.2, 0.25) is 0 Å². The van der Waals surface area contributed by atoms with Gasteiger partial charge in [-0.25, -0.2) is 0 Å². The summed E-state index contributed by atoms with van der Waals surface area (Å²) >= 11 is 6.15. The molecule has 1 N–H and O–H groups in total. The number of nitrogens with zero attached hydrogens (tertiary/aromatic N) is 2. The molecule has 0 spiro atoms. The molecular weight excluding hydrogens is 320 g/mol. The molecule has 0 saturated carbocycles. The van der Waals surface area contributed by atoms with Crippen molar-refractivity contribution in [1.82, 2.24) is 4.90 Å². The predicted molar refractivity (Wildman–Crippen MR) is 101 cm³/mol. The van der Waals surface area contributed by atoms with E-state index in [1.807, 2.05) is 19.1 Å². The van der Waals surface area contributed by atoms with Crippen molar-refractivity contribution in [1.29, 1.82) is 0 Å². The van der Waals surface area contributed by atoms with Gasteiger partial charge in [0.05, 0.1) is 0 Å². The average Bonchev–Trinajstić information content (AvgIpc) is 2.56. The lowest BCUT2D eigenvalue weighted by molar-refractivity contribution is 0.246. The Morgan fingerprint density at radius 2 is 1.58 bits per heavy atom. The Morgan fingerprint density at radius 1 is 0.917 bits per heavy atom. The molecule has 1 aliphatic rings. The quantitative estimate of drug-likeness (QED) is 0.899. The Morgan fingerprint density at radius 3 is 2.29 bits per heavy atom. The number of rotatable bonds is 3. The molecule has 1 heterocycles. The fraction of sp³-hybridized carbons (Fsp3) is 0.400. The molecule has 2 aromatic rings. The zero-order valence-corrected chi connectivity index (χ0v) is 15.4. The molecule has 2 aromatic carbocycles. The van der Waals surface area contributed by atoms with Gasteiger partial charge in [-0.05, 0) is 55.7 Å². The van der Waals surface area contributed by atoms with E-state index in [-0.39, 0.29) is 0 Å². The van der Waals surface area contributed by atoms with Crippen molar-refractivity contribution in [2.24, 2.45) is 0 Å². The van der Waals surface area contributed by atoms with E-state index >= 15 is 0 Å². The Hall–Kier alpha value is -1.71. The van der Waals surface area contributed by atoms with E-state index in [4.69, 9.17) is 11.6 Å². The Bertz CT molecular complexity index is 737. The van der Waals surface area contributed by atoms with Crippen LogP contribution in [0.1, 0.15) is 22.3 Å². The molecule has 0 atom stereocenters. The van der Waals surface area contributed by atoms with Crippen molar-refractivity contribution in [3.05, 3.63) is 57.6 Å². The number of phenolic OH excluding ortho intramolecular Hbond substituents is 1. The highest BCUT2D eigenvalue weighted by molar-refractivity contribution is 6.30. The summed E-state index contributed by atoms with van der Waals surface area (Å²) in [7, 11) is 0. The minimum Gasteiger partial charge on any atom is -0.508 e. The van der Waals surface area contributed by atoms with Gasteiger partial charge in [0, 0.05) is 49.0 Å². The Kier molecular flexibility index (Phi) is 5.02. The lowest BCUT2D eigenvalue weighted by atomic mass is 10.0. The van der Waals surface area contributed by atoms with Crippen LogP contribution >= 0.6 is 11.6 Å². The fourth-order valence-electron chi connectivity index (χ4n) is 3.30. The van der Waals surface area contributed by atoms with Gasteiger partial charge in [-0.1, -0.05) is 23.7 Å². The van der Waals surface area contributed by atoms with Crippen LogP contribution in [0.3, 0.4) is 0 Å². The van der Waals surface area contributed by atoms with Gasteiger partial charge < -0.3 is 10.0 Å². The van der Waals surface area contributed by atoms with E-state index in [0.717, 1.165) is 48.9 Å². The van der Waals surface area contributed by atoms with Crippen molar-refractivity contribution in [3.8, 4) is 5.75 Å². The summed E-state index contributed by atoms with van der Waals surface area (Å²) in [4.78, 5) is 4.80. The highest BCUT2D eigenvalue weighted by Crippen LogP contribution is 2.27. The minimum atomic E-state index is 0.409. The minimum absolute atomic E-state index is 0.409. The molecule has 3 nitrogen and oxygen atoms in total. The number of benzene rings is 2. The molecule has 0 bridgehead atoms. The summed E-state index contributed by atoms with van der Waals surface area (Å²) in [6.07, 6.45) is 0. The van der Waals surface area contributed by atoms with Crippen LogP contribution in [0.2, 0.25) is 5.02 Å². The van der Waals surface area contributed by atoms with E-state index < -0.39 is 0 Å². The van der Waals surface area contributed by atoms with Gasteiger partial charge in [0.15, 0.2) is 0 Å². The summed E-state index contributed by atoms with van der Waals surface area (Å²) in [5.74, 6) is 0.409. The molecule has 1 aliphatic heterocycles. The molecule has 0 aromatic heterocycles. The van der Waals surface area contributed by atoms with Gasteiger partial charge in [0.25, 0.3) is 0 Å². The SMILES string of the molecule is Cc1cc(O)c(CN2CCN(c3cc(Cl)ccc3C)CC2)cc1C. The summed E-state index contributed by atoms with van der Waals surface area (Å²) in [6, 6.07) is 10.1. The summed E-state index contributed by atoms with van der Waals surface area (Å²) in [5.41, 5.74) is 5.88. The monoisotopic (exact) mass is 344 g/mol. The first kappa shape index (κ1) is 17.1. The van der Waals surface area contributed by atoms with Crippen LogP contribution in [0.15, 0.2) is 30.3 Å². The second kappa shape index (κ2) is 7.04. The topological polar surface area (TPSA) is 26.7 Å². The van der Waals surface area contributed by atoms with E-state index in [9.17, 15) is 5.11 Å². The number of anilines is 1. The first-order valence-corrected chi connectivity index (χ1v) is 8.84. The molecule has 3 rings (SSSR count). The smallest absolute Gasteiger partial charge is 0.120 e. The van der Waals surface area contributed by atoms with Crippen molar-refractivity contribution in [3.63, 3.8) is 0 Å². The van der Waals surface area contributed by atoms with Crippen LogP contribution in [0.5, 0.6) is 5.75 Å². The van der Waals surface area contributed by atoms with Crippen LogP contribution in [0.4, 0.5) is 5.69 Å². The second-order valence-corrected chi connectivity index (χ2v) is 7.20. The summed E-state index contributed by atoms with van der Waals surface area (Å²) in [6.45, 7) is 11.0. The average molecular weight is 345 g/mol. The number of phenols is 1. The third-order valence-electron chi connectivity index (χ3n) is 4.97. The van der Waals surface area contributed by atoms with Crippen molar-refractivity contribution < 1.29 is 5.11 Å². The first-order chi connectivity index (χ1) is 11.4. The molecular formula is C20H25ClN2O. The normalized spacial score (nSPS) is 15.8. The second-order valence-electron chi connectivity index (χ2n) is 6.76. The Balaban J connectivity index is 1.65. The Labute approximate surface area is 149 Å². The number of halogens is 1. The van der Waals surface area contributed by atoms with Crippen LogP contribution in [-0.2, 0) is 6.54 Å². The molecule has 0 unspecified atom stereocenters. The largest absolute Gasteiger partial charge is 0.508 e. The molecule has 128 valence electrons. The van der Waals surface area contributed by atoms with Crippen LogP contribution in [0.25, 0.3) is 0 Å². The number of hydrogen-bond donors (Lipinski definition) is 1. The van der Waals surface area contributed by atoms with Gasteiger partial charge in [-0.15, -0.1) is 0 Å². The van der Waals surface area contributed by atoms with Gasteiger partial charge in [-0.3, -0.25) is 4.90 Å². The number of piperazine rings is 1. The lowest BCUT2D eigenvalue weighted by Crippen LogP contribution is -2.46. The third kappa shape index (κ3) is 3.68. The molecule has 0 aliphatic carbocycles. The number of hydrogen-bond acceptors (Lipinski definition) is 3. The molecule has 0 radical (unpaired) electrons. The third-order valence-corrected chi connectivity index (χ3v) is 5.21. The van der Waals surface area contributed by atoms with Crippen molar-refractivity contribution in [2.75, 3.05) is 31.1 Å². The zero-order valence-electron chi connectivity index (χ0n) is 14.6. The van der Waals surface area contributed by atoms with Gasteiger partial charge in [0.1, 0.15) is 5.75 Å². The maximum absolute atomic E-state index is 10.2. The molecule has 0 amide bonds. The van der Waals surface area contributed by atoms with Crippen molar-refractivity contribution in [2.45, 2.75) is 27.3 Å². The maximum atomic E-state index is 10.2. The van der Waals surface area contributed by atoms with E-state index in [2.05, 4.69) is 41.8 Å². The lowest BCUT2D eigenvalue weighted by Gasteiger charge is -2.37. The summed E-state index contributed by atoms with van der Waals surface area (Å²) in [5, 5.41) is 11.0. The zero-order chi connectivity index (χ0) is 17.3. The summed E-state index contributed by atoms with van der Waals surface area (Å²) < 4.78 is 0.